The van der Waals surface area contributed by atoms with Crippen LogP contribution in [0, 0.1) is 6.92 Å². The van der Waals surface area contributed by atoms with Gasteiger partial charge in [-0.15, -0.1) is 0 Å². The second kappa shape index (κ2) is 8.00. The van der Waals surface area contributed by atoms with Gasteiger partial charge in [0.05, 0.1) is 24.4 Å². The SMILES string of the molecule is COc1cc(N2CC[C@@H](N)C2)ccc1-c1nc2c(C)nn(C3CCCCC3)c(=O)c2[nH]1. The Morgan fingerprint density at radius 2 is 2.00 bits per heavy atom. The van der Waals surface area contributed by atoms with E-state index in [0.717, 1.165) is 67.9 Å². The lowest BCUT2D eigenvalue weighted by atomic mass is 9.95. The van der Waals surface area contributed by atoms with E-state index in [0.29, 0.717) is 16.9 Å². The van der Waals surface area contributed by atoms with E-state index in [2.05, 4.69) is 21.0 Å². The van der Waals surface area contributed by atoms with E-state index < -0.39 is 0 Å². The number of hydrogen-bond acceptors (Lipinski definition) is 6. The standard InChI is InChI=1S/C23H30N6O2/c1-14-20-21(23(30)29(27-14)16-6-4-3-5-7-16)26-22(25-20)18-9-8-17(12-19(18)31-2)28-11-10-15(24)13-28/h8-9,12,15-16H,3-7,10-11,13,24H2,1-2H3,(H,25,26)/t15-/m1/s1. The number of rotatable bonds is 4. The Morgan fingerprint density at radius 1 is 1.19 bits per heavy atom. The molecule has 31 heavy (non-hydrogen) atoms. The van der Waals surface area contributed by atoms with Gasteiger partial charge in [-0.2, -0.15) is 5.10 Å². The third-order valence-electron chi connectivity index (χ3n) is 6.68. The van der Waals surface area contributed by atoms with Crippen LogP contribution >= 0.6 is 0 Å². The molecule has 1 aliphatic heterocycles. The molecule has 1 aliphatic carbocycles. The number of aromatic amines is 1. The maximum absolute atomic E-state index is 13.2. The Morgan fingerprint density at radius 3 is 2.71 bits per heavy atom. The van der Waals surface area contributed by atoms with E-state index >= 15 is 0 Å². The van der Waals surface area contributed by atoms with Crippen LogP contribution in [0.3, 0.4) is 0 Å². The molecule has 3 heterocycles. The van der Waals surface area contributed by atoms with Crippen molar-refractivity contribution in [2.75, 3.05) is 25.1 Å². The van der Waals surface area contributed by atoms with E-state index in [-0.39, 0.29) is 17.6 Å². The molecule has 1 saturated heterocycles. The summed E-state index contributed by atoms with van der Waals surface area (Å²) in [5.74, 6) is 1.34. The molecule has 2 aliphatic rings. The minimum Gasteiger partial charge on any atom is -0.496 e. The van der Waals surface area contributed by atoms with Gasteiger partial charge in [-0.1, -0.05) is 19.3 Å². The van der Waals surface area contributed by atoms with Crippen LogP contribution in [-0.2, 0) is 0 Å². The largest absolute Gasteiger partial charge is 0.496 e. The summed E-state index contributed by atoms with van der Waals surface area (Å²) in [7, 11) is 1.66. The van der Waals surface area contributed by atoms with Gasteiger partial charge in [-0.05, 0) is 38.3 Å². The Hall–Kier alpha value is -2.87. The molecular weight excluding hydrogens is 392 g/mol. The molecule has 2 fully saturated rings. The molecule has 1 saturated carbocycles. The number of imidazole rings is 1. The van der Waals surface area contributed by atoms with Crippen molar-refractivity contribution in [2.24, 2.45) is 5.73 Å². The fraction of sp³-hybridized carbons (Fsp3) is 0.522. The fourth-order valence-corrected chi connectivity index (χ4v) is 4.95. The van der Waals surface area contributed by atoms with Gasteiger partial charge in [0.1, 0.15) is 22.6 Å². The minimum atomic E-state index is -0.0899. The summed E-state index contributed by atoms with van der Waals surface area (Å²) in [5.41, 5.74) is 9.80. The van der Waals surface area contributed by atoms with Gasteiger partial charge in [0, 0.05) is 30.9 Å². The summed E-state index contributed by atoms with van der Waals surface area (Å²) in [5, 5.41) is 4.62. The maximum Gasteiger partial charge on any atom is 0.293 e. The van der Waals surface area contributed by atoms with E-state index in [9.17, 15) is 4.79 Å². The Balaban J connectivity index is 1.55. The van der Waals surface area contributed by atoms with Gasteiger partial charge in [-0.25, -0.2) is 9.67 Å². The van der Waals surface area contributed by atoms with E-state index in [1.165, 1.54) is 6.42 Å². The number of fused-ring (bicyclic) bond motifs is 1. The summed E-state index contributed by atoms with van der Waals surface area (Å²) in [4.78, 5) is 23.5. The Kier molecular flexibility index (Phi) is 5.17. The van der Waals surface area contributed by atoms with Gasteiger partial charge in [-0.3, -0.25) is 4.79 Å². The predicted molar refractivity (Wildman–Crippen MR) is 122 cm³/mol. The number of benzene rings is 1. The van der Waals surface area contributed by atoms with Crippen molar-refractivity contribution in [3.05, 3.63) is 34.2 Å². The van der Waals surface area contributed by atoms with Gasteiger partial charge in [0.2, 0.25) is 0 Å². The van der Waals surface area contributed by atoms with Crippen molar-refractivity contribution in [3.8, 4) is 17.1 Å². The van der Waals surface area contributed by atoms with E-state index in [1.54, 1.807) is 11.8 Å². The first-order valence-electron chi connectivity index (χ1n) is 11.2. The molecule has 0 unspecified atom stereocenters. The summed E-state index contributed by atoms with van der Waals surface area (Å²) >= 11 is 0. The molecule has 1 aromatic carbocycles. The molecule has 1 atom stereocenters. The molecule has 8 heteroatoms. The zero-order valence-corrected chi connectivity index (χ0v) is 18.2. The van der Waals surface area contributed by atoms with Crippen molar-refractivity contribution in [1.29, 1.82) is 0 Å². The second-order valence-electron chi connectivity index (χ2n) is 8.82. The molecule has 3 aromatic rings. The molecular formula is C23H30N6O2. The summed E-state index contributed by atoms with van der Waals surface area (Å²) in [6.07, 6.45) is 6.54. The van der Waals surface area contributed by atoms with Crippen molar-refractivity contribution < 1.29 is 4.74 Å². The molecule has 0 amide bonds. The van der Waals surface area contributed by atoms with Gasteiger partial charge in [0.15, 0.2) is 0 Å². The lowest BCUT2D eigenvalue weighted by Gasteiger charge is -2.22. The lowest BCUT2D eigenvalue weighted by molar-refractivity contribution is 0.318. The van der Waals surface area contributed by atoms with Crippen molar-refractivity contribution in [2.45, 2.75) is 57.5 Å². The van der Waals surface area contributed by atoms with Crippen LogP contribution in [0.5, 0.6) is 5.75 Å². The molecule has 0 spiro atoms. The van der Waals surface area contributed by atoms with Gasteiger partial charge in [0.25, 0.3) is 5.56 Å². The number of nitrogens with one attached hydrogen (secondary N) is 1. The highest BCUT2D eigenvalue weighted by Crippen LogP contribution is 2.34. The van der Waals surface area contributed by atoms with Crippen molar-refractivity contribution >= 4 is 16.7 Å². The number of aromatic nitrogens is 4. The molecule has 2 aromatic heterocycles. The number of methoxy groups -OCH3 is 1. The lowest BCUT2D eigenvalue weighted by Crippen LogP contribution is -2.29. The first kappa shape index (κ1) is 20.1. The van der Waals surface area contributed by atoms with Gasteiger partial charge >= 0.3 is 0 Å². The minimum absolute atomic E-state index is 0.0899. The number of nitrogens with zero attached hydrogens (tertiary/aromatic N) is 4. The van der Waals surface area contributed by atoms with Crippen LogP contribution in [0.2, 0.25) is 0 Å². The third kappa shape index (κ3) is 3.59. The van der Waals surface area contributed by atoms with Crippen molar-refractivity contribution in [3.63, 3.8) is 0 Å². The zero-order chi connectivity index (χ0) is 21.5. The second-order valence-corrected chi connectivity index (χ2v) is 8.82. The summed E-state index contributed by atoms with van der Waals surface area (Å²) in [6.45, 7) is 3.71. The highest BCUT2D eigenvalue weighted by Gasteiger charge is 2.23. The van der Waals surface area contributed by atoms with Crippen LogP contribution in [0.25, 0.3) is 22.4 Å². The molecule has 164 valence electrons. The molecule has 0 radical (unpaired) electrons. The number of hydrogen-bond donors (Lipinski definition) is 2. The molecule has 5 rings (SSSR count). The molecule has 0 bridgehead atoms. The monoisotopic (exact) mass is 422 g/mol. The normalized spacial score (nSPS) is 20.0. The topological polar surface area (TPSA) is 102 Å². The number of anilines is 1. The first-order chi connectivity index (χ1) is 15.0. The first-order valence-corrected chi connectivity index (χ1v) is 11.2. The molecule has 8 nitrogen and oxygen atoms in total. The van der Waals surface area contributed by atoms with Crippen LogP contribution in [0.4, 0.5) is 5.69 Å². The Labute approximate surface area is 181 Å². The Bertz CT molecular complexity index is 1160. The van der Waals surface area contributed by atoms with Crippen LogP contribution in [0.1, 0.15) is 50.3 Å². The highest BCUT2D eigenvalue weighted by atomic mass is 16.5. The quantitative estimate of drug-likeness (QED) is 0.670. The average Bonchev–Trinajstić information content (AvgIpc) is 3.44. The molecule has 3 N–H and O–H groups in total. The number of aryl methyl sites for hydroxylation is 1. The summed E-state index contributed by atoms with van der Waals surface area (Å²) in [6, 6.07) is 6.47. The van der Waals surface area contributed by atoms with Crippen LogP contribution in [-0.4, -0.2) is 46.0 Å². The predicted octanol–water partition coefficient (Wildman–Crippen LogP) is 3.15. The number of ether oxygens (including phenoxy) is 1. The van der Waals surface area contributed by atoms with Crippen LogP contribution in [0.15, 0.2) is 23.0 Å². The fourth-order valence-electron chi connectivity index (χ4n) is 4.95. The maximum atomic E-state index is 13.2. The van der Waals surface area contributed by atoms with Gasteiger partial charge < -0.3 is 20.4 Å². The van der Waals surface area contributed by atoms with Crippen molar-refractivity contribution in [1.82, 2.24) is 19.7 Å². The number of H-pyrrole nitrogens is 1. The zero-order valence-electron chi connectivity index (χ0n) is 18.2. The highest BCUT2D eigenvalue weighted by molar-refractivity contribution is 5.82. The van der Waals surface area contributed by atoms with E-state index in [4.69, 9.17) is 15.5 Å². The van der Waals surface area contributed by atoms with Crippen LogP contribution < -0.4 is 20.9 Å². The summed E-state index contributed by atoms with van der Waals surface area (Å²) < 4.78 is 7.36. The smallest absolute Gasteiger partial charge is 0.293 e. The average molecular weight is 423 g/mol. The number of nitrogens with two attached hydrogens (primary N) is 1. The van der Waals surface area contributed by atoms with E-state index in [1.807, 2.05) is 19.1 Å². The third-order valence-corrected chi connectivity index (χ3v) is 6.68.